The van der Waals surface area contributed by atoms with E-state index in [1.807, 2.05) is 16.7 Å². The van der Waals surface area contributed by atoms with Gasteiger partial charge in [0.05, 0.1) is 18.4 Å². The number of anilines is 2. The molecule has 6 rings (SSSR count). The second kappa shape index (κ2) is 15.3. The van der Waals surface area contributed by atoms with Crippen molar-refractivity contribution in [2.45, 2.75) is 82.6 Å². The highest BCUT2D eigenvalue weighted by Gasteiger charge is 2.44. The van der Waals surface area contributed by atoms with Crippen LogP contribution in [0, 0.1) is 0 Å². The van der Waals surface area contributed by atoms with Crippen LogP contribution in [0.2, 0.25) is 0 Å². The minimum absolute atomic E-state index is 0.163. The lowest BCUT2D eigenvalue weighted by atomic mass is 10.0. The van der Waals surface area contributed by atoms with Crippen molar-refractivity contribution < 1.29 is 38.1 Å². The number of likely N-dealkylation sites (N-methyl/N-ethyl adjacent to an activating group) is 1. The van der Waals surface area contributed by atoms with Gasteiger partial charge in [-0.3, -0.25) is 9.69 Å². The minimum atomic E-state index is -5.08. The number of carbonyl (C=O) groups excluding carboxylic acids is 1. The first kappa shape index (κ1) is 35.8. The number of imidazole rings is 1. The Labute approximate surface area is 280 Å². The lowest BCUT2D eigenvalue weighted by Gasteiger charge is -2.23. The summed E-state index contributed by atoms with van der Waals surface area (Å²) in [6.07, 6.45) is -2.63. The van der Waals surface area contributed by atoms with E-state index >= 15 is 0 Å². The molecule has 1 aliphatic heterocycles. The molecule has 0 spiro atoms. The van der Waals surface area contributed by atoms with E-state index in [0.717, 1.165) is 31.6 Å². The predicted molar refractivity (Wildman–Crippen MR) is 177 cm³/mol. The third-order valence-electron chi connectivity index (χ3n) is 9.07. The highest BCUT2D eigenvalue weighted by Crippen LogP contribution is 2.35. The molecule has 16 heteroatoms. The Kier molecular flexibility index (Phi) is 11.2. The maximum Gasteiger partial charge on any atom is 0.490 e. The molecule has 1 aliphatic carbocycles. The van der Waals surface area contributed by atoms with E-state index in [4.69, 9.17) is 19.9 Å². The van der Waals surface area contributed by atoms with Crippen LogP contribution >= 0.6 is 0 Å². The Bertz CT molecular complexity index is 1760. The van der Waals surface area contributed by atoms with Gasteiger partial charge in [0.25, 0.3) is 0 Å². The summed E-state index contributed by atoms with van der Waals surface area (Å²) in [5, 5.41) is 41.0. The molecule has 2 aromatic carbocycles. The number of fused-ring (bicyclic) bond motifs is 2. The summed E-state index contributed by atoms with van der Waals surface area (Å²) in [5.74, 6) is -1.84. The summed E-state index contributed by atoms with van der Waals surface area (Å²) in [7, 11) is 0. The van der Waals surface area contributed by atoms with E-state index in [2.05, 4.69) is 63.1 Å². The van der Waals surface area contributed by atoms with Crippen molar-refractivity contribution in [2.75, 3.05) is 30.3 Å². The first-order valence-electron chi connectivity index (χ1n) is 16.3. The predicted octanol–water partition coefficient (Wildman–Crippen LogP) is 3.68. The van der Waals surface area contributed by atoms with Crippen LogP contribution in [-0.4, -0.2) is 102 Å². The minimum Gasteiger partial charge on any atom is -0.475 e. The fraction of sp³-hybridized carbons (Fsp3) is 0.485. The van der Waals surface area contributed by atoms with Gasteiger partial charge in [0.15, 0.2) is 17.0 Å². The second-order valence-corrected chi connectivity index (χ2v) is 12.1. The summed E-state index contributed by atoms with van der Waals surface area (Å²) >= 11 is 0. The molecule has 1 saturated heterocycles. The lowest BCUT2D eigenvalue weighted by Crippen LogP contribution is -2.42. The third kappa shape index (κ3) is 8.20. The van der Waals surface area contributed by atoms with Gasteiger partial charge in [0.2, 0.25) is 11.9 Å². The molecule has 2 fully saturated rings. The van der Waals surface area contributed by atoms with Crippen molar-refractivity contribution in [3.8, 4) is 0 Å². The van der Waals surface area contributed by atoms with Gasteiger partial charge < -0.3 is 35.8 Å². The Balaban J connectivity index is 0.000000606. The molecule has 264 valence electrons. The van der Waals surface area contributed by atoms with Crippen molar-refractivity contribution in [1.82, 2.24) is 29.7 Å². The third-order valence-corrected chi connectivity index (χ3v) is 9.07. The van der Waals surface area contributed by atoms with E-state index in [-0.39, 0.29) is 5.91 Å². The van der Waals surface area contributed by atoms with Gasteiger partial charge in [-0.05, 0) is 48.7 Å². The molecular formula is C33H41F3N8O5. The molecule has 4 aromatic rings. The molecule has 1 saturated carbocycles. The summed E-state index contributed by atoms with van der Waals surface area (Å²) in [4.78, 5) is 37.8. The fourth-order valence-corrected chi connectivity index (χ4v) is 6.47. The van der Waals surface area contributed by atoms with Gasteiger partial charge in [-0.1, -0.05) is 56.3 Å². The van der Waals surface area contributed by atoms with Crippen LogP contribution in [0.1, 0.15) is 51.1 Å². The van der Waals surface area contributed by atoms with Crippen LogP contribution in [0.5, 0.6) is 0 Å². The zero-order valence-corrected chi connectivity index (χ0v) is 27.2. The molecular weight excluding hydrogens is 645 g/mol. The number of carboxylic acid groups (broad SMARTS) is 1. The number of nitrogens with one attached hydrogen (secondary N) is 3. The number of amides is 1. The molecule has 5 atom stereocenters. The van der Waals surface area contributed by atoms with Crippen molar-refractivity contribution in [3.05, 3.63) is 54.4 Å². The highest BCUT2D eigenvalue weighted by molar-refractivity contribution is 5.87. The largest absolute Gasteiger partial charge is 0.490 e. The zero-order valence-electron chi connectivity index (χ0n) is 27.2. The monoisotopic (exact) mass is 686 g/mol. The van der Waals surface area contributed by atoms with Crippen molar-refractivity contribution in [1.29, 1.82) is 0 Å². The van der Waals surface area contributed by atoms with Crippen molar-refractivity contribution >= 4 is 45.6 Å². The first-order valence-corrected chi connectivity index (χ1v) is 16.3. The SMILES string of the molecule is CCC(=O)N[C@H]1C[C@@H](n2cnc3c(NCc4cccc5ccccc45)nc(NC[C@H]4CCCN4CC)nc32)[C@H](O)[C@@H]1O.O=C(O)C(F)(F)F. The van der Waals surface area contributed by atoms with Gasteiger partial charge in [-0.25, -0.2) is 9.78 Å². The fourth-order valence-electron chi connectivity index (χ4n) is 6.47. The highest BCUT2D eigenvalue weighted by atomic mass is 19.4. The Morgan fingerprint density at radius 3 is 2.47 bits per heavy atom. The number of alkyl halides is 3. The van der Waals surface area contributed by atoms with Crippen LogP contribution < -0.4 is 16.0 Å². The van der Waals surface area contributed by atoms with Gasteiger partial charge in [0.1, 0.15) is 12.2 Å². The Morgan fingerprint density at radius 2 is 1.76 bits per heavy atom. The zero-order chi connectivity index (χ0) is 35.3. The van der Waals surface area contributed by atoms with Gasteiger partial charge >= 0.3 is 12.1 Å². The molecule has 3 heterocycles. The number of likely N-dealkylation sites (tertiary alicyclic amines) is 1. The number of aliphatic carboxylic acids is 1. The van der Waals surface area contributed by atoms with Crippen LogP contribution in [0.3, 0.4) is 0 Å². The number of halogens is 3. The second-order valence-electron chi connectivity index (χ2n) is 12.1. The van der Waals surface area contributed by atoms with E-state index < -0.39 is 36.4 Å². The number of aliphatic hydroxyl groups excluding tert-OH is 2. The summed E-state index contributed by atoms with van der Waals surface area (Å²) in [5.41, 5.74) is 2.28. The Morgan fingerprint density at radius 1 is 1.02 bits per heavy atom. The summed E-state index contributed by atoms with van der Waals surface area (Å²) < 4.78 is 33.5. The number of carbonyl (C=O) groups is 2. The summed E-state index contributed by atoms with van der Waals surface area (Å²) in [6.45, 7) is 7.33. The molecule has 0 unspecified atom stereocenters. The normalized spacial score (nSPS) is 22.6. The average Bonchev–Trinajstić information content (AvgIpc) is 3.80. The van der Waals surface area contributed by atoms with Crippen LogP contribution in [0.4, 0.5) is 24.9 Å². The number of carboxylic acids is 1. The van der Waals surface area contributed by atoms with Gasteiger partial charge in [0, 0.05) is 25.6 Å². The van der Waals surface area contributed by atoms with E-state index in [0.29, 0.717) is 48.4 Å². The van der Waals surface area contributed by atoms with Crippen LogP contribution in [0.25, 0.3) is 21.9 Å². The quantitative estimate of drug-likeness (QED) is 0.143. The van der Waals surface area contributed by atoms with E-state index in [1.54, 1.807) is 13.3 Å². The van der Waals surface area contributed by atoms with Gasteiger partial charge in [-0.15, -0.1) is 0 Å². The molecule has 6 N–H and O–H groups in total. The molecule has 13 nitrogen and oxygen atoms in total. The van der Waals surface area contributed by atoms with E-state index in [9.17, 15) is 28.2 Å². The van der Waals surface area contributed by atoms with E-state index in [1.165, 1.54) is 17.2 Å². The number of aliphatic hydroxyl groups is 2. The van der Waals surface area contributed by atoms with Crippen LogP contribution in [0.15, 0.2) is 48.8 Å². The molecule has 2 aromatic heterocycles. The van der Waals surface area contributed by atoms with Crippen LogP contribution in [-0.2, 0) is 16.1 Å². The molecule has 0 radical (unpaired) electrons. The summed E-state index contributed by atoms with van der Waals surface area (Å²) in [6, 6.07) is 13.9. The molecule has 0 bridgehead atoms. The number of rotatable bonds is 10. The van der Waals surface area contributed by atoms with Crippen molar-refractivity contribution in [3.63, 3.8) is 0 Å². The smallest absolute Gasteiger partial charge is 0.475 e. The average molecular weight is 687 g/mol. The standard InChI is InChI=1S/C31H40N8O3.C2HF3O2/c1-3-25(40)35-23-15-24(28(42)27(23)41)39-18-34-26-29(32-16-20-11-7-10-19-9-5-6-13-22(19)20)36-31(37-30(26)39)33-17-21-12-8-14-38(21)4-2;3-2(4,5)1(6)7/h5-7,9-11,13,18,21,23-24,27-28,41-42H,3-4,8,12,14-17H2,1-2H3,(H,35,40)(H2,32,33,36,37);(H,6,7)/t21-,23+,24-,27-,28+;/m1./s1. The molecule has 49 heavy (non-hydrogen) atoms. The molecule has 1 amide bonds. The number of hydrogen-bond acceptors (Lipinski definition) is 10. The Hall–Kier alpha value is -4.54. The van der Waals surface area contributed by atoms with Crippen molar-refractivity contribution in [2.24, 2.45) is 0 Å². The number of aromatic nitrogens is 4. The topological polar surface area (TPSA) is 178 Å². The number of benzene rings is 2. The number of nitrogens with zero attached hydrogens (tertiary/aromatic N) is 5. The van der Waals surface area contributed by atoms with Gasteiger partial charge in [-0.2, -0.15) is 23.1 Å². The molecule has 2 aliphatic rings. The maximum absolute atomic E-state index is 12.0. The first-order chi connectivity index (χ1) is 23.4. The maximum atomic E-state index is 12.0. The lowest BCUT2D eigenvalue weighted by molar-refractivity contribution is -0.192. The number of hydrogen-bond donors (Lipinski definition) is 6.